The molecule has 0 fully saturated rings. The maximum Gasteiger partial charge on any atom is 0.141 e. The molecule has 102 valence electrons. The van der Waals surface area contributed by atoms with Gasteiger partial charge in [-0.3, -0.25) is 0 Å². The summed E-state index contributed by atoms with van der Waals surface area (Å²) < 4.78 is 5.15. The lowest BCUT2D eigenvalue weighted by atomic mass is 9.99. The van der Waals surface area contributed by atoms with E-state index in [0.717, 1.165) is 28.1 Å². The lowest BCUT2D eigenvalue weighted by Crippen LogP contribution is -2.00. The van der Waals surface area contributed by atoms with Crippen molar-refractivity contribution < 1.29 is 4.52 Å². The van der Waals surface area contributed by atoms with Crippen LogP contribution in [0.15, 0.2) is 22.7 Å². The van der Waals surface area contributed by atoms with Gasteiger partial charge in [-0.05, 0) is 38.5 Å². The van der Waals surface area contributed by atoms with Crippen LogP contribution in [0, 0.1) is 19.3 Å². The van der Waals surface area contributed by atoms with Gasteiger partial charge in [0.15, 0.2) is 0 Å². The number of aromatic nitrogens is 1. The highest BCUT2D eigenvalue weighted by Gasteiger charge is 2.13. The molecule has 4 heteroatoms. The van der Waals surface area contributed by atoms with E-state index in [-0.39, 0.29) is 0 Å². The maximum atomic E-state index is 7.69. The molecule has 1 heterocycles. The fourth-order valence-electron chi connectivity index (χ4n) is 1.93. The highest BCUT2D eigenvalue weighted by atomic mass is 16.5. The van der Waals surface area contributed by atoms with Gasteiger partial charge in [0.05, 0.1) is 5.69 Å². The summed E-state index contributed by atoms with van der Waals surface area (Å²) in [6, 6.07) is 5.65. The number of rotatable bonds is 2. The molecule has 19 heavy (non-hydrogen) atoms. The quantitative estimate of drug-likeness (QED) is 0.633. The molecule has 0 aliphatic rings. The summed E-state index contributed by atoms with van der Waals surface area (Å²) in [6.07, 6.45) is 0. The molecule has 0 aliphatic heterocycles. The summed E-state index contributed by atoms with van der Waals surface area (Å²) in [5.41, 5.74) is 10.5. The van der Waals surface area contributed by atoms with Crippen molar-refractivity contribution in [2.75, 3.05) is 5.73 Å². The van der Waals surface area contributed by atoms with Crippen molar-refractivity contribution in [3.63, 3.8) is 0 Å². The number of hydrogen-bond acceptors (Lipinski definition) is 4. The first-order valence-electron chi connectivity index (χ1n) is 6.39. The molecular formula is C15H21N3O. The fourth-order valence-corrected chi connectivity index (χ4v) is 1.93. The zero-order chi connectivity index (χ0) is 14.6. The third-order valence-corrected chi connectivity index (χ3v) is 2.78. The Kier molecular flexibility index (Phi) is 4.87. The van der Waals surface area contributed by atoms with E-state index < -0.39 is 0 Å². The number of nitrogens with two attached hydrogens (primary N) is 1. The van der Waals surface area contributed by atoms with E-state index in [2.05, 4.69) is 5.16 Å². The van der Waals surface area contributed by atoms with Crippen LogP contribution >= 0.6 is 0 Å². The lowest BCUT2D eigenvalue weighted by Gasteiger charge is -2.07. The van der Waals surface area contributed by atoms with E-state index in [0.29, 0.717) is 11.4 Å². The minimum Gasteiger partial charge on any atom is -0.398 e. The molecule has 2 aromatic rings. The van der Waals surface area contributed by atoms with Gasteiger partial charge in [0, 0.05) is 22.5 Å². The monoisotopic (exact) mass is 259 g/mol. The first kappa shape index (κ1) is 15.0. The average Bonchev–Trinajstić information content (AvgIpc) is 2.72. The van der Waals surface area contributed by atoms with Gasteiger partial charge < -0.3 is 15.7 Å². The van der Waals surface area contributed by atoms with Gasteiger partial charge in [0.2, 0.25) is 0 Å². The van der Waals surface area contributed by atoms with Crippen LogP contribution in [0.4, 0.5) is 5.69 Å². The van der Waals surface area contributed by atoms with Crippen molar-refractivity contribution in [1.82, 2.24) is 5.16 Å². The van der Waals surface area contributed by atoms with Gasteiger partial charge >= 0.3 is 0 Å². The van der Waals surface area contributed by atoms with Crippen LogP contribution in [-0.2, 0) is 0 Å². The van der Waals surface area contributed by atoms with Gasteiger partial charge in [0.1, 0.15) is 5.76 Å². The predicted molar refractivity (Wildman–Crippen MR) is 79.7 cm³/mol. The third-order valence-electron chi connectivity index (χ3n) is 2.78. The summed E-state index contributed by atoms with van der Waals surface area (Å²) in [5, 5.41) is 11.6. The van der Waals surface area contributed by atoms with Crippen molar-refractivity contribution in [1.29, 1.82) is 5.41 Å². The van der Waals surface area contributed by atoms with E-state index in [1.165, 1.54) is 0 Å². The third kappa shape index (κ3) is 3.02. The molecule has 0 atom stereocenters. The molecule has 0 bridgehead atoms. The van der Waals surface area contributed by atoms with Gasteiger partial charge in [-0.1, -0.05) is 25.1 Å². The maximum absolute atomic E-state index is 7.69. The Labute approximate surface area is 114 Å². The predicted octanol–water partition coefficient (Wildman–Crippen LogP) is 3.95. The molecule has 3 N–H and O–H groups in total. The summed E-state index contributed by atoms with van der Waals surface area (Å²) >= 11 is 0. The molecule has 0 aliphatic carbocycles. The van der Waals surface area contributed by atoms with Crippen molar-refractivity contribution in [2.24, 2.45) is 0 Å². The molecule has 0 saturated heterocycles. The van der Waals surface area contributed by atoms with Gasteiger partial charge in [-0.2, -0.15) is 0 Å². The minimum atomic E-state index is 0.455. The molecule has 2 rings (SSSR count). The van der Waals surface area contributed by atoms with E-state index in [9.17, 15) is 0 Å². The van der Waals surface area contributed by atoms with E-state index in [1.807, 2.05) is 45.9 Å². The Hall–Kier alpha value is -2.10. The largest absolute Gasteiger partial charge is 0.398 e. The van der Waals surface area contributed by atoms with Crippen molar-refractivity contribution in [3.05, 3.63) is 35.2 Å². The van der Waals surface area contributed by atoms with Gasteiger partial charge in [-0.15, -0.1) is 0 Å². The molecule has 4 nitrogen and oxygen atoms in total. The summed E-state index contributed by atoms with van der Waals surface area (Å²) in [4.78, 5) is 0. The SMILES string of the molecule is CC.CC(=N)c1cc(-c2c(C)noc2C)ccc1N. The highest BCUT2D eigenvalue weighted by Crippen LogP contribution is 2.29. The molecule has 0 saturated carbocycles. The van der Waals surface area contributed by atoms with Crippen LogP contribution in [-0.4, -0.2) is 10.9 Å². The Morgan fingerprint density at radius 1 is 1.26 bits per heavy atom. The van der Waals surface area contributed by atoms with Crippen molar-refractivity contribution >= 4 is 11.4 Å². The van der Waals surface area contributed by atoms with Crippen LogP contribution < -0.4 is 5.73 Å². The standard InChI is InChI=1S/C13H15N3O.C2H6/c1-7(14)11-6-10(4-5-12(11)15)13-8(2)16-17-9(13)3;1-2/h4-6,14H,15H2,1-3H3;1-2H3. The topological polar surface area (TPSA) is 75.9 Å². The average molecular weight is 259 g/mol. The zero-order valence-electron chi connectivity index (χ0n) is 12.2. The normalized spacial score (nSPS) is 9.74. The molecule has 0 spiro atoms. The number of anilines is 1. The number of hydrogen-bond donors (Lipinski definition) is 2. The van der Waals surface area contributed by atoms with Crippen molar-refractivity contribution in [3.8, 4) is 11.1 Å². The second kappa shape index (κ2) is 6.18. The molecular weight excluding hydrogens is 238 g/mol. The second-order valence-electron chi connectivity index (χ2n) is 4.13. The summed E-state index contributed by atoms with van der Waals surface area (Å²) in [5.74, 6) is 0.779. The summed E-state index contributed by atoms with van der Waals surface area (Å²) in [6.45, 7) is 9.50. The molecule has 0 radical (unpaired) electrons. The minimum absolute atomic E-state index is 0.455. The number of aryl methyl sites for hydroxylation is 2. The number of nitrogens with zero attached hydrogens (tertiary/aromatic N) is 1. The first-order valence-corrected chi connectivity index (χ1v) is 6.39. The first-order chi connectivity index (χ1) is 9.00. The van der Waals surface area contributed by atoms with E-state index in [4.69, 9.17) is 15.7 Å². The highest BCUT2D eigenvalue weighted by molar-refractivity contribution is 6.02. The van der Waals surface area contributed by atoms with Gasteiger partial charge in [0.25, 0.3) is 0 Å². The Balaban J connectivity index is 0.000000861. The van der Waals surface area contributed by atoms with Crippen molar-refractivity contribution in [2.45, 2.75) is 34.6 Å². The second-order valence-corrected chi connectivity index (χ2v) is 4.13. The molecule has 1 aromatic heterocycles. The fraction of sp³-hybridized carbons (Fsp3) is 0.333. The molecule has 0 unspecified atom stereocenters. The lowest BCUT2D eigenvalue weighted by molar-refractivity contribution is 0.393. The number of nitrogens with one attached hydrogen (secondary N) is 1. The van der Waals surface area contributed by atoms with E-state index in [1.54, 1.807) is 6.92 Å². The Morgan fingerprint density at radius 2 is 1.89 bits per heavy atom. The van der Waals surface area contributed by atoms with Crippen LogP contribution in [0.25, 0.3) is 11.1 Å². The Bertz CT molecular complexity index is 566. The number of nitrogen functional groups attached to an aromatic ring is 1. The molecule has 1 aromatic carbocycles. The van der Waals surface area contributed by atoms with Crippen LogP contribution in [0.3, 0.4) is 0 Å². The zero-order valence-corrected chi connectivity index (χ0v) is 12.2. The van der Waals surface area contributed by atoms with E-state index >= 15 is 0 Å². The van der Waals surface area contributed by atoms with Crippen LogP contribution in [0.5, 0.6) is 0 Å². The van der Waals surface area contributed by atoms with Crippen LogP contribution in [0.2, 0.25) is 0 Å². The smallest absolute Gasteiger partial charge is 0.141 e. The van der Waals surface area contributed by atoms with Crippen LogP contribution in [0.1, 0.15) is 37.8 Å². The summed E-state index contributed by atoms with van der Waals surface area (Å²) in [7, 11) is 0. The Morgan fingerprint density at radius 3 is 2.37 bits per heavy atom. The van der Waals surface area contributed by atoms with Gasteiger partial charge in [-0.25, -0.2) is 0 Å². The number of benzene rings is 1. The molecule has 0 amide bonds.